The lowest BCUT2D eigenvalue weighted by Gasteiger charge is -2.07. The van der Waals surface area contributed by atoms with Gasteiger partial charge in [0.25, 0.3) is 17.5 Å². The Morgan fingerprint density at radius 3 is 2.42 bits per heavy atom. The van der Waals surface area contributed by atoms with Gasteiger partial charge in [0.15, 0.2) is 5.69 Å². The Morgan fingerprint density at radius 2 is 1.79 bits per heavy atom. The highest BCUT2D eigenvalue weighted by Crippen LogP contribution is 2.26. The molecule has 3 aromatic rings. The quantitative estimate of drug-likeness (QED) is 0.777. The number of nitrogens with one attached hydrogen (secondary N) is 1. The molecule has 2 aromatic heterocycles. The summed E-state index contributed by atoms with van der Waals surface area (Å²) in [5.41, 5.74) is 1.52. The molecule has 1 amide bonds. The molecule has 0 aliphatic carbocycles. The molecule has 10 heteroatoms. The number of benzene rings is 1. The second kappa shape index (κ2) is 5.55. The van der Waals surface area contributed by atoms with Crippen molar-refractivity contribution in [3.63, 3.8) is 0 Å². The Kier molecular flexibility index (Phi) is 3.66. The summed E-state index contributed by atoms with van der Waals surface area (Å²) < 4.78 is 38.9. The highest BCUT2D eigenvalue weighted by molar-refractivity contribution is 6.03. The summed E-state index contributed by atoms with van der Waals surface area (Å²) in [6.07, 6.45) is -4.70. The first-order valence-corrected chi connectivity index (χ1v) is 6.81. The van der Waals surface area contributed by atoms with Crippen LogP contribution in [0.4, 0.5) is 18.9 Å². The number of hydrogen-bond donors (Lipinski definition) is 1. The normalized spacial score (nSPS) is 11.7. The Balaban J connectivity index is 1.95. The highest BCUT2D eigenvalue weighted by atomic mass is 19.4. The lowest BCUT2D eigenvalue weighted by atomic mass is 10.2. The van der Waals surface area contributed by atoms with Crippen LogP contribution in [0.5, 0.6) is 0 Å². The third-order valence-corrected chi connectivity index (χ3v) is 3.27. The van der Waals surface area contributed by atoms with E-state index in [0.29, 0.717) is 5.69 Å². The van der Waals surface area contributed by atoms with Crippen LogP contribution >= 0.6 is 0 Å². The second-order valence-corrected chi connectivity index (χ2v) is 5.10. The molecule has 0 saturated carbocycles. The fourth-order valence-electron chi connectivity index (χ4n) is 2.02. The number of amides is 1. The number of aromatic nitrogens is 5. The first-order chi connectivity index (χ1) is 11.3. The predicted molar refractivity (Wildman–Crippen MR) is 77.4 cm³/mol. The van der Waals surface area contributed by atoms with Gasteiger partial charge in [-0.05, 0) is 26.0 Å². The zero-order valence-electron chi connectivity index (χ0n) is 12.6. The fourth-order valence-corrected chi connectivity index (χ4v) is 2.02. The highest BCUT2D eigenvalue weighted by Gasteiger charge is 2.37. The summed E-state index contributed by atoms with van der Waals surface area (Å²) in [6, 6.07) is 7.02. The van der Waals surface area contributed by atoms with Gasteiger partial charge in [-0.2, -0.15) is 22.7 Å². The van der Waals surface area contributed by atoms with Crippen molar-refractivity contribution in [3.8, 4) is 0 Å². The van der Waals surface area contributed by atoms with Crippen molar-refractivity contribution >= 4 is 17.4 Å². The van der Waals surface area contributed by atoms with E-state index in [9.17, 15) is 18.0 Å². The maximum atomic E-state index is 12.7. The van der Waals surface area contributed by atoms with E-state index in [2.05, 4.69) is 25.6 Å². The SMILES string of the molecule is Cc1ccc(NC(=O)c2nnc3nc(C(F)(F)F)nn3c2C)cc1. The first-order valence-electron chi connectivity index (χ1n) is 6.81. The molecule has 1 N–H and O–H groups in total. The van der Waals surface area contributed by atoms with Crippen molar-refractivity contribution in [3.05, 3.63) is 47.0 Å². The number of nitrogens with zero attached hydrogens (tertiary/aromatic N) is 5. The van der Waals surface area contributed by atoms with Gasteiger partial charge < -0.3 is 5.32 Å². The van der Waals surface area contributed by atoms with E-state index < -0.39 is 17.9 Å². The molecule has 124 valence electrons. The zero-order valence-corrected chi connectivity index (χ0v) is 12.6. The number of alkyl halides is 3. The number of halogens is 3. The van der Waals surface area contributed by atoms with E-state index in [1.165, 1.54) is 6.92 Å². The van der Waals surface area contributed by atoms with Gasteiger partial charge in [0.2, 0.25) is 0 Å². The van der Waals surface area contributed by atoms with E-state index in [4.69, 9.17) is 0 Å². The van der Waals surface area contributed by atoms with Crippen LogP contribution in [0, 0.1) is 13.8 Å². The molecule has 24 heavy (non-hydrogen) atoms. The molecule has 0 aliphatic heterocycles. The van der Waals surface area contributed by atoms with Crippen molar-refractivity contribution in [1.82, 2.24) is 24.8 Å². The lowest BCUT2D eigenvalue weighted by Crippen LogP contribution is -2.18. The van der Waals surface area contributed by atoms with Gasteiger partial charge in [0.1, 0.15) is 0 Å². The van der Waals surface area contributed by atoms with Crippen LogP contribution in [-0.4, -0.2) is 30.7 Å². The van der Waals surface area contributed by atoms with Gasteiger partial charge in [0.05, 0.1) is 5.69 Å². The number of aryl methyl sites for hydroxylation is 2. The van der Waals surface area contributed by atoms with Crippen LogP contribution in [0.3, 0.4) is 0 Å². The number of anilines is 1. The standard InChI is InChI=1S/C14H11F3N6O/c1-7-3-5-9(6-4-7)18-11(24)10-8(2)23-13(21-20-10)19-12(22-23)14(15,16)17/h3-6H,1-2H3,(H,18,24). The van der Waals surface area contributed by atoms with Crippen LogP contribution in [0.1, 0.15) is 27.6 Å². The summed E-state index contributed by atoms with van der Waals surface area (Å²) in [5, 5.41) is 13.1. The molecule has 2 heterocycles. The summed E-state index contributed by atoms with van der Waals surface area (Å²) in [7, 11) is 0. The zero-order chi connectivity index (χ0) is 17.5. The fraction of sp³-hybridized carbons (Fsp3) is 0.214. The van der Waals surface area contributed by atoms with E-state index in [1.807, 2.05) is 19.1 Å². The maximum absolute atomic E-state index is 12.7. The minimum atomic E-state index is -4.70. The third kappa shape index (κ3) is 2.90. The van der Waals surface area contributed by atoms with Gasteiger partial charge >= 0.3 is 6.18 Å². The van der Waals surface area contributed by atoms with E-state index in [-0.39, 0.29) is 17.2 Å². The molecule has 0 fully saturated rings. The van der Waals surface area contributed by atoms with Crippen LogP contribution in [0.25, 0.3) is 5.78 Å². The van der Waals surface area contributed by atoms with E-state index in [0.717, 1.165) is 10.1 Å². The molecule has 0 spiro atoms. The number of carbonyl (C=O) groups is 1. The number of fused-ring (bicyclic) bond motifs is 1. The minimum Gasteiger partial charge on any atom is -0.321 e. The monoisotopic (exact) mass is 336 g/mol. The van der Waals surface area contributed by atoms with Crippen molar-refractivity contribution in [2.45, 2.75) is 20.0 Å². The van der Waals surface area contributed by atoms with Crippen LogP contribution in [-0.2, 0) is 6.18 Å². The van der Waals surface area contributed by atoms with Gasteiger partial charge in [-0.3, -0.25) is 4.79 Å². The Labute approximate surface area is 133 Å². The van der Waals surface area contributed by atoms with Crippen molar-refractivity contribution in [1.29, 1.82) is 0 Å². The predicted octanol–water partition coefficient (Wildman–Crippen LogP) is 2.41. The third-order valence-electron chi connectivity index (χ3n) is 3.27. The van der Waals surface area contributed by atoms with Crippen LogP contribution in [0.15, 0.2) is 24.3 Å². The maximum Gasteiger partial charge on any atom is 0.453 e. The average molecular weight is 336 g/mol. The van der Waals surface area contributed by atoms with E-state index >= 15 is 0 Å². The van der Waals surface area contributed by atoms with Crippen molar-refractivity contribution in [2.75, 3.05) is 5.32 Å². The summed E-state index contributed by atoms with van der Waals surface area (Å²) in [4.78, 5) is 15.5. The van der Waals surface area contributed by atoms with Gasteiger partial charge in [-0.25, -0.2) is 0 Å². The molecule has 0 atom stereocenters. The Morgan fingerprint density at radius 1 is 1.12 bits per heavy atom. The van der Waals surface area contributed by atoms with E-state index in [1.54, 1.807) is 12.1 Å². The Bertz CT molecular complexity index is 917. The molecule has 0 aliphatic rings. The first kappa shape index (κ1) is 15.8. The summed E-state index contributed by atoms with van der Waals surface area (Å²) in [6.45, 7) is 3.32. The summed E-state index contributed by atoms with van der Waals surface area (Å²) in [5.74, 6) is -2.27. The topological polar surface area (TPSA) is 85.1 Å². The average Bonchev–Trinajstić information content (AvgIpc) is 2.95. The van der Waals surface area contributed by atoms with Crippen LogP contribution in [0.2, 0.25) is 0 Å². The molecule has 0 unspecified atom stereocenters. The van der Waals surface area contributed by atoms with Crippen molar-refractivity contribution < 1.29 is 18.0 Å². The smallest absolute Gasteiger partial charge is 0.321 e. The minimum absolute atomic E-state index is 0.104. The number of carbonyl (C=O) groups excluding carboxylic acids is 1. The summed E-state index contributed by atoms with van der Waals surface area (Å²) >= 11 is 0. The molecule has 0 saturated heterocycles. The van der Waals surface area contributed by atoms with Crippen LogP contribution < -0.4 is 5.32 Å². The second-order valence-electron chi connectivity index (χ2n) is 5.10. The molecule has 0 radical (unpaired) electrons. The molecular weight excluding hydrogens is 325 g/mol. The molecule has 1 aromatic carbocycles. The Hall–Kier alpha value is -3.04. The largest absolute Gasteiger partial charge is 0.453 e. The molecule has 0 bridgehead atoms. The lowest BCUT2D eigenvalue weighted by molar-refractivity contribution is -0.144. The van der Waals surface area contributed by atoms with Crippen molar-refractivity contribution in [2.24, 2.45) is 0 Å². The number of rotatable bonds is 2. The molecule has 3 rings (SSSR count). The molecule has 7 nitrogen and oxygen atoms in total. The van der Waals surface area contributed by atoms with Gasteiger partial charge in [0, 0.05) is 5.69 Å². The molecular formula is C14H11F3N6O. The van der Waals surface area contributed by atoms with Gasteiger partial charge in [-0.15, -0.1) is 15.3 Å². The number of hydrogen-bond acceptors (Lipinski definition) is 5. The van der Waals surface area contributed by atoms with Gasteiger partial charge in [-0.1, -0.05) is 17.7 Å².